The monoisotopic (exact) mass is 809 g/mol. The zero-order valence-corrected chi connectivity index (χ0v) is 37.4. The molecule has 2 unspecified atom stereocenters. The Labute approximate surface area is 356 Å². The summed E-state index contributed by atoms with van der Waals surface area (Å²) in [7, 11) is 0. The smallest absolute Gasteiger partial charge is 0.326 e. The van der Waals surface area contributed by atoms with Crippen molar-refractivity contribution in [2.24, 2.45) is 5.73 Å². The number of carboxylic acids is 1. The molecular weight excluding hydrogens is 721 g/mol. The Morgan fingerprint density at radius 1 is 0.517 bits per heavy atom. The van der Waals surface area contributed by atoms with Gasteiger partial charge in [0.15, 0.2) is 0 Å². The molecule has 0 saturated carbocycles. The lowest BCUT2D eigenvalue weighted by Crippen LogP contribution is -2.40. The molecule has 0 aromatic rings. The van der Waals surface area contributed by atoms with E-state index >= 15 is 0 Å². The van der Waals surface area contributed by atoms with E-state index in [-0.39, 0.29) is 18.0 Å². The van der Waals surface area contributed by atoms with Crippen LogP contribution in [0.5, 0.6) is 0 Å². The van der Waals surface area contributed by atoms with Crippen molar-refractivity contribution < 1.29 is 24.2 Å². The minimum atomic E-state index is -1.02. The summed E-state index contributed by atoms with van der Waals surface area (Å²) in [6.45, 7) is 4.89. The van der Waals surface area contributed by atoms with E-state index in [2.05, 4.69) is 92.1 Å². The van der Waals surface area contributed by atoms with E-state index in [9.17, 15) is 19.5 Å². The number of aliphatic carboxylic acids is 1. The van der Waals surface area contributed by atoms with Gasteiger partial charge in [-0.25, -0.2) is 4.79 Å². The largest absolute Gasteiger partial charge is 0.480 e. The van der Waals surface area contributed by atoms with Crippen LogP contribution in [-0.4, -0.2) is 41.6 Å². The van der Waals surface area contributed by atoms with Crippen LogP contribution in [0, 0.1) is 0 Å². The molecular formula is C51H88N2O5. The van der Waals surface area contributed by atoms with Gasteiger partial charge >= 0.3 is 11.9 Å². The third-order valence-corrected chi connectivity index (χ3v) is 10.2. The van der Waals surface area contributed by atoms with Gasteiger partial charge in [0.05, 0.1) is 0 Å². The highest BCUT2D eigenvalue weighted by Gasteiger charge is 2.18. The topological polar surface area (TPSA) is 119 Å². The fourth-order valence-electron chi connectivity index (χ4n) is 6.62. The second kappa shape index (κ2) is 44.9. The van der Waals surface area contributed by atoms with Crippen LogP contribution in [0.25, 0.3) is 0 Å². The number of carbonyl (C=O) groups is 3. The number of rotatable bonds is 42. The molecule has 0 aliphatic rings. The van der Waals surface area contributed by atoms with Crippen molar-refractivity contribution in [3.63, 3.8) is 0 Å². The molecule has 0 aliphatic heterocycles. The first-order valence-corrected chi connectivity index (χ1v) is 23.8. The van der Waals surface area contributed by atoms with Gasteiger partial charge in [-0.1, -0.05) is 164 Å². The molecule has 0 bridgehead atoms. The molecule has 58 heavy (non-hydrogen) atoms. The highest BCUT2D eigenvalue weighted by Crippen LogP contribution is 2.15. The van der Waals surface area contributed by atoms with Crippen LogP contribution in [0.15, 0.2) is 72.9 Å². The van der Waals surface area contributed by atoms with Gasteiger partial charge in [0.2, 0.25) is 5.91 Å². The molecule has 0 rings (SSSR count). The first-order chi connectivity index (χ1) is 28.4. The Hall–Kier alpha value is -3.19. The summed E-state index contributed by atoms with van der Waals surface area (Å²) in [5.74, 6) is -1.34. The maximum Gasteiger partial charge on any atom is 0.326 e. The van der Waals surface area contributed by atoms with Gasteiger partial charge in [-0.2, -0.15) is 0 Å². The molecule has 0 radical (unpaired) electrons. The van der Waals surface area contributed by atoms with E-state index in [1.807, 2.05) is 0 Å². The van der Waals surface area contributed by atoms with Gasteiger partial charge in [0, 0.05) is 12.8 Å². The molecule has 0 fully saturated rings. The number of carbonyl (C=O) groups excluding carboxylic acids is 2. The molecule has 0 aromatic heterocycles. The number of unbranched alkanes of at least 4 members (excludes halogenated alkanes) is 18. The molecule has 4 N–H and O–H groups in total. The first-order valence-electron chi connectivity index (χ1n) is 23.8. The summed E-state index contributed by atoms with van der Waals surface area (Å²) in [5, 5.41) is 11.9. The van der Waals surface area contributed by atoms with Gasteiger partial charge in [-0.3, -0.25) is 9.59 Å². The van der Waals surface area contributed by atoms with E-state index in [4.69, 9.17) is 10.5 Å². The zero-order valence-electron chi connectivity index (χ0n) is 37.4. The third-order valence-electron chi connectivity index (χ3n) is 10.2. The summed E-state index contributed by atoms with van der Waals surface area (Å²) in [5.41, 5.74) is 5.49. The molecule has 0 heterocycles. The van der Waals surface area contributed by atoms with Crippen molar-refractivity contribution in [1.82, 2.24) is 5.32 Å². The highest BCUT2D eigenvalue weighted by molar-refractivity contribution is 5.83. The molecule has 1 amide bonds. The fourth-order valence-corrected chi connectivity index (χ4v) is 6.62. The molecule has 0 saturated heterocycles. The van der Waals surface area contributed by atoms with Gasteiger partial charge in [-0.05, 0) is 115 Å². The number of nitrogens with two attached hydrogens (primary N) is 1. The lowest BCUT2D eigenvalue weighted by Gasteiger charge is -2.15. The standard InChI is InChI=1S/C51H88N2O5/c1-3-5-7-9-11-13-15-16-17-18-19-20-21-22-23-24-26-28-30-35-39-45-50(55)58-47(41-36-32-29-27-25-14-12-10-8-6-4-2)42-37-33-31-34-38-44-49(54)53-48(51(56)57)43-40-46-52/h12,14-16,18-19,21-22,27,29,36,41,47-48H,3-11,13,17,20,23-26,28,30-35,37-40,42-46,52H2,1-2H3,(H,53,54)(H,56,57)/b14-12-,16-15-,19-18-,22-21-,29-27-,41-36-. The van der Waals surface area contributed by atoms with E-state index in [1.54, 1.807) is 0 Å². The van der Waals surface area contributed by atoms with Crippen molar-refractivity contribution in [2.45, 2.75) is 225 Å². The van der Waals surface area contributed by atoms with Crippen molar-refractivity contribution in [3.05, 3.63) is 72.9 Å². The SMILES string of the molecule is CCCCC/C=C\C/C=C\C/C=C\C(CCCCCCCC(=O)NC(CCCN)C(=O)O)OC(=O)CCCCCCCC/C=C\C/C=C\C/C=C\CCCCCCC. The number of amides is 1. The van der Waals surface area contributed by atoms with Crippen LogP contribution < -0.4 is 11.1 Å². The number of hydrogen-bond donors (Lipinski definition) is 3. The molecule has 0 aromatic carbocycles. The average Bonchev–Trinajstić information content (AvgIpc) is 3.21. The lowest BCUT2D eigenvalue weighted by atomic mass is 10.1. The lowest BCUT2D eigenvalue weighted by molar-refractivity contribution is -0.147. The third kappa shape index (κ3) is 41.0. The molecule has 7 nitrogen and oxygen atoms in total. The van der Waals surface area contributed by atoms with Crippen LogP contribution in [0.4, 0.5) is 0 Å². The second-order valence-corrected chi connectivity index (χ2v) is 15.8. The van der Waals surface area contributed by atoms with Gasteiger partial charge in [0.25, 0.3) is 0 Å². The van der Waals surface area contributed by atoms with Crippen molar-refractivity contribution in [3.8, 4) is 0 Å². The van der Waals surface area contributed by atoms with Crippen LogP contribution in [0.2, 0.25) is 0 Å². The minimum Gasteiger partial charge on any atom is -0.480 e. The van der Waals surface area contributed by atoms with Gasteiger partial charge < -0.3 is 20.9 Å². The molecule has 7 heteroatoms. The first kappa shape index (κ1) is 54.8. The number of allylic oxidation sites excluding steroid dienone is 11. The van der Waals surface area contributed by atoms with Crippen molar-refractivity contribution >= 4 is 17.8 Å². The zero-order chi connectivity index (χ0) is 42.4. The summed E-state index contributed by atoms with van der Waals surface area (Å²) in [4.78, 5) is 36.4. The summed E-state index contributed by atoms with van der Waals surface area (Å²) < 4.78 is 5.94. The van der Waals surface area contributed by atoms with E-state index in [1.165, 1.54) is 77.0 Å². The van der Waals surface area contributed by atoms with E-state index in [0.717, 1.165) is 96.3 Å². The number of nitrogens with one attached hydrogen (secondary N) is 1. The van der Waals surface area contributed by atoms with Gasteiger partial charge in [0.1, 0.15) is 12.1 Å². The molecule has 2 atom stereocenters. The number of carboxylic acid groups (broad SMARTS) is 1. The predicted molar refractivity (Wildman–Crippen MR) is 248 cm³/mol. The van der Waals surface area contributed by atoms with E-state index in [0.29, 0.717) is 32.2 Å². The molecule has 0 spiro atoms. The molecule has 0 aliphatic carbocycles. The maximum atomic E-state index is 12.8. The number of hydrogen-bond acceptors (Lipinski definition) is 5. The van der Waals surface area contributed by atoms with Crippen LogP contribution in [-0.2, 0) is 19.1 Å². The Morgan fingerprint density at radius 3 is 1.48 bits per heavy atom. The minimum absolute atomic E-state index is 0.108. The quantitative estimate of drug-likeness (QED) is 0.0321. The Morgan fingerprint density at radius 2 is 0.948 bits per heavy atom. The summed E-state index contributed by atoms with van der Waals surface area (Å²) >= 11 is 0. The van der Waals surface area contributed by atoms with Crippen LogP contribution in [0.1, 0.15) is 213 Å². The summed E-state index contributed by atoms with van der Waals surface area (Å²) in [6, 6.07) is -0.871. The second-order valence-electron chi connectivity index (χ2n) is 15.8. The van der Waals surface area contributed by atoms with Crippen LogP contribution >= 0.6 is 0 Å². The Bertz CT molecular complexity index is 1140. The van der Waals surface area contributed by atoms with Crippen LogP contribution in [0.3, 0.4) is 0 Å². The van der Waals surface area contributed by atoms with E-state index < -0.39 is 12.0 Å². The Balaban J connectivity index is 4.37. The van der Waals surface area contributed by atoms with Gasteiger partial charge in [-0.15, -0.1) is 0 Å². The van der Waals surface area contributed by atoms with Crippen molar-refractivity contribution in [2.75, 3.05) is 6.54 Å². The fraction of sp³-hybridized carbons (Fsp3) is 0.706. The maximum absolute atomic E-state index is 12.8. The average molecular weight is 809 g/mol. The Kier molecular flexibility index (Phi) is 42.4. The normalized spacial score (nSPS) is 13.3. The molecule has 332 valence electrons. The van der Waals surface area contributed by atoms with Crippen molar-refractivity contribution in [1.29, 1.82) is 0 Å². The predicted octanol–water partition coefficient (Wildman–Crippen LogP) is 13.9. The summed E-state index contributed by atoms with van der Waals surface area (Å²) in [6.07, 6.45) is 58.2. The number of ether oxygens (including phenoxy) is 1. The number of esters is 1. The highest BCUT2D eigenvalue weighted by atomic mass is 16.5.